The Morgan fingerprint density at radius 2 is 1.97 bits per heavy atom. The number of anilines is 1. The average Bonchev–Trinajstić information content (AvgIpc) is 3.29. The minimum Gasteiger partial charge on any atom is -0.395 e. The summed E-state index contributed by atoms with van der Waals surface area (Å²) < 4.78 is 25.1. The van der Waals surface area contributed by atoms with Gasteiger partial charge in [-0.1, -0.05) is 41.0 Å². The second-order valence-electron chi connectivity index (χ2n) is 6.91. The highest BCUT2D eigenvalue weighted by Gasteiger charge is 2.16. The number of nitrogens with one attached hydrogen (secondary N) is 1. The van der Waals surface area contributed by atoms with Crippen LogP contribution in [0.4, 0.5) is 10.2 Å². The lowest BCUT2D eigenvalue weighted by atomic mass is 9.97. The van der Waals surface area contributed by atoms with Gasteiger partial charge in [-0.25, -0.2) is 9.37 Å². The van der Waals surface area contributed by atoms with Crippen molar-refractivity contribution in [2.24, 2.45) is 0 Å². The number of pyridine rings is 1. The zero-order chi connectivity index (χ0) is 22.5. The number of hydrogen-bond donors (Lipinski definition) is 2. The summed E-state index contributed by atoms with van der Waals surface area (Å²) >= 11 is 6.25. The third kappa shape index (κ3) is 4.62. The van der Waals surface area contributed by atoms with E-state index in [1.54, 1.807) is 43.6 Å². The van der Waals surface area contributed by atoms with Crippen molar-refractivity contribution in [2.45, 2.75) is 6.61 Å². The summed E-state index contributed by atoms with van der Waals surface area (Å²) in [6, 6.07) is 13.7. The van der Waals surface area contributed by atoms with Crippen LogP contribution in [0.15, 0.2) is 59.3 Å². The van der Waals surface area contributed by atoms with Crippen LogP contribution >= 0.6 is 11.6 Å². The number of hydrogen-bond acceptors (Lipinski definition) is 7. The normalized spacial score (nSPS) is 11.0. The first kappa shape index (κ1) is 21.9. The molecule has 2 heterocycles. The second-order valence-corrected chi connectivity index (χ2v) is 7.32. The van der Waals surface area contributed by atoms with Gasteiger partial charge >= 0.3 is 0 Å². The number of halogens is 2. The molecular formula is C23H20ClFN4O3. The fourth-order valence-corrected chi connectivity index (χ4v) is 3.50. The van der Waals surface area contributed by atoms with Gasteiger partial charge in [-0.2, -0.15) is 4.98 Å². The molecule has 32 heavy (non-hydrogen) atoms. The Morgan fingerprint density at radius 1 is 1.12 bits per heavy atom. The van der Waals surface area contributed by atoms with Crippen molar-refractivity contribution in [3.63, 3.8) is 0 Å². The first-order chi connectivity index (χ1) is 15.6. The van der Waals surface area contributed by atoms with E-state index in [2.05, 4.69) is 20.4 Å². The average molecular weight is 455 g/mol. The highest BCUT2D eigenvalue weighted by molar-refractivity contribution is 6.33. The van der Waals surface area contributed by atoms with E-state index >= 15 is 0 Å². The van der Waals surface area contributed by atoms with E-state index in [9.17, 15) is 4.39 Å². The molecule has 0 aliphatic heterocycles. The fraction of sp³-hybridized carbons (Fsp3) is 0.174. The molecule has 7 nitrogen and oxygen atoms in total. The first-order valence-electron chi connectivity index (χ1n) is 9.82. The van der Waals surface area contributed by atoms with Gasteiger partial charge in [-0.15, -0.1) is 0 Å². The van der Waals surface area contributed by atoms with Crippen molar-refractivity contribution in [3.05, 3.63) is 71.1 Å². The van der Waals surface area contributed by atoms with E-state index in [4.69, 9.17) is 26.0 Å². The summed E-state index contributed by atoms with van der Waals surface area (Å²) in [7, 11) is 1.58. The minimum atomic E-state index is -0.306. The van der Waals surface area contributed by atoms with Gasteiger partial charge in [0, 0.05) is 36.5 Å². The molecule has 0 bridgehead atoms. The summed E-state index contributed by atoms with van der Waals surface area (Å²) in [6.45, 7) is 0.597. The van der Waals surface area contributed by atoms with Crippen molar-refractivity contribution in [1.82, 2.24) is 15.1 Å². The lowest BCUT2D eigenvalue weighted by molar-refractivity contribution is 0.185. The van der Waals surface area contributed by atoms with Gasteiger partial charge in [0.15, 0.2) is 0 Å². The number of aliphatic hydroxyl groups is 1. The summed E-state index contributed by atoms with van der Waals surface area (Å²) in [5.41, 5.74) is 3.28. The Kier molecular flexibility index (Phi) is 6.75. The van der Waals surface area contributed by atoms with Crippen molar-refractivity contribution in [3.8, 4) is 34.0 Å². The van der Waals surface area contributed by atoms with E-state index < -0.39 is 0 Å². The summed E-state index contributed by atoms with van der Waals surface area (Å²) in [5.74, 6) is 0.783. The monoisotopic (exact) mass is 454 g/mol. The van der Waals surface area contributed by atoms with Crippen LogP contribution in [-0.2, 0) is 11.3 Å². The van der Waals surface area contributed by atoms with Gasteiger partial charge in [0.25, 0.3) is 5.89 Å². The molecule has 0 amide bonds. The molecule has 2 N–H and O–H groups in total. The minimum absolute atomic E-state index is 0.0330. The van der Waals surface area contributed by atoms with Gasteiger partial charge < -0.3 is 19.7 Å². The van der Waals surface area contributed by atoms with Crippen molar-refractivity contribution in [1.29, 1.82) is 0 Å². The van der Waals surface area contributed by atoms with Crippen LogP contribution in [0, 0.1) is 5.82 Å². The van der Waals surface area contributed by atoms with Gasteiger partial charge in [-0.05, 0) is 35.4 Å². The van der Waals surface area contributed by atoms with Crippen LogP contribution in [0.1, 0.15) is 5.56 Å². The molecule has 4 rings (SSSR count). The Morgan fingerprint density at radius 3 is 2.72 bits per heavy atom. The highest BCUT2D eigenvalue weighted by atomic mass is 35.5. The second kappa shape index (κ2) is 9.86. The molecule has 0 radical (unpaired) electrons. The Hall–Kier alpha value is -3.33. The predicted molar refractivity (Wildman–Crippen MR) is 120 cm³/mol. The lowest BCUT2D eigenvalue weighted by Gasteiger charge is -2.11. The number of aromatic nitrogens is 3. The van der Waals surface area contributed by atoms with Crippen LogP contribution in [-0.4, -0.2) is 40.5 Å². The molecule has 4 aromatic rings. The largest absolute Gasteiger partial charge is 0.395 e. The Bertz CT molecular complexity index is 1230. The maximum Gasteiger partial charge on any atom is 0.258 e. The lowest BCUT2D eigenvalue weighted by Crippen LogP contribution is -2.07. The molecule has 0 unspecified atom stereocenters. The molecule has 9 heteroatoms. The Labute approximate surface area is 188 Å². The van der Waals surface area contributed by atoms with E-state index in [1.165, 1.54) is 6.07 Å². The molecule has 164 valence electrons. The van der Waals surface area contributed by atoms with Gasteiger partial charge in [-0.3, -0.25) is 0 Å². The smallest absolute Gasteiger partial charge is 0.258 e. The van der Waals surface area contributed by atoms with E-state index in [0.29, 0.717) is 52.4 Å². The molecule has 2 aromatic heterocycles. The van der Waals surface area contributed by atoms with Crippen LogP contribution in [0.3, 0.4) is 0 Å². The van der Waals surface area contributed by atoms with Crippen LogP contribution in [0.5, 0.6) is 0 Å². The third-order valence-corrected chi connectivity index (χ3v) is 5.03. The van der Waals surface area contributed by atoms with E-state index in [-0.39, 0.29) is 12.4 Å². The number of aliphatic hydroxyl groups excluding tert-OH is 1. The standard InChI is InChI=1S/C23H20ClFN4O3/c1-31-13-16-10-14(6-7-17(16)18-4-2-3-5-20(18)25)23-28-21(29-32-23)15-11-19(24)22(27-12-15)26-8-9-30/h2-7,10-12,30H,8-9,13H2,1H3,(H,26,27). The SMILES string of the molecule is COCc1cc(-c2nc(-c3cnc(NCCO)c(Cl)c3)no2)ccc1-c1ccccc1F. The molecule has 0 saturated carbocycles. The highest BCUT2D eigenvalue weighted by Crippen LogP contribution is 2.32. The molecular weight excluding hydrogens is 435 g/mol. The molecule has 0 saturated heterocycles. The van der Waals surface area contributed by atoms with Gasteiger partial charge in [0.05, 0.1) is 18.2 Å². The number of benzene rings is 2. The Balaban J connectivity index is 1.65. The van der Waals surface area contributed by atoms with Crippen molar-refractivity contribution < 1.29 is 18.8 Å². The van der Waals surface area contributed by atoms with Gasteiger partial charge in [0.1, 0.15) is 11.6 Å². The maximum absolute atomic E-state index is 14.3. The maximum atomic E-state index is 14.3. The number of rotatable bonds is 8. The van der Waals surface area contributed by atoms with Crippen molar-refractivity contribution >= 4 is 17.4 Å². The summed E-state index contributed by atoms with van der Waals surface area (Å²) in [5, 5.41) is 16.2. The zero-order valence-electron chi connectivity index (χ0n) is 17.2. The van der Waals surface area contributed by atoms with Gasteiger partial charge in [0.2, 0.25) is 5.82 Å². The van der Waals surface area contributed by atoms with Crippen LogP contribution in [0.2, 0.25) is 5.02 Å². The summed E-state index contributed by atoms with van der Waals surface area (Å²) in [4.78, 5) is 8.69. The van der Waals surface area contributed by atoms with Crippen LogP contribution in [0.25, 0.3) is 34.0 Å². The topological polar surface area (TPSA) is 93.3 Å². The molecule has 0 spiro atoms. The third-order valence-electron chi connectivity index (χ3n) is 4.75. The fourth-order valence-electron chi connectivity index (χ4n) is 3.27. The molecule has 0 aliphatic rings. The van der Waals surface area contributed by atoms with Crippen LogP contribution < -0.4 is 5.32 Å². The zero-order valence-corrected chi connectivity index (χ0v) is 17.9. The predicted octanol–water partition coefficient (Wildman–Crippen LogP) is 4.81. The number of nitrogens with zero attached hydrogens (tertiary/aromatic N) is 3. The number of ether oxygens (including phenoxy) is 1. The quantitative estimate of drug-likeness (QED) is 0.394. The van der Waals surface area contributed by atoms with Crippen molar-refractivity contribution in [2.75, 3.05) is 25.6 Å². The van der Waals surface area contributed by atoms with E-state index in [0.717, 1.165) is 11.1 Å². The molecule has 0 aliphatic carbocycles. The summed E-state index contributed by atoms with van der Waals surface area (Å²) in [6.07, 6.45) is 1.57. The first-order valence-corrected chi connectivity index (χ1v) is 10.2. The molecule has 0 atom stereocenters. The van der Waals surface area contributed by atoms with E-state index in [1.807, 2.05) is 12.1 Å². The molecule has 0 fully saturated rings. The number of methoxy groups -OCH3 is 1. The molecule has 2 aromatic carbocycles.